The molecule has 45 heavy (non-hydrogen) atoms. The average molecular weight is 630 g/mol. The van der Waals surface area contributed by atoms with E-state index in [0.29, 0.717) is 17.4 Å². The van der Waals surface area contributed by atoms with E-state index in [1.54, 1.807) is 8.99 Å². The molecule has 3 aromatic carbocycles. The SMILES string of the molecule is Cc1ccc(-n2nc(C(C)(C)C)cc2NC(=O)Nc2cccc(CC3CC4CCC(C3)N4S(=O)(=O)c3cccc(F)c3)c2)cc1. The lowest BCUT2D eigenvalue weighted by Crippen LogP contribution is -2.46. The smallest absolute Gasteiger partial charge is 0.308 e. The number of carbonyl (C=O) groups is 1. The number of rotatable bonds is 7. The maximum Gasteiger partial charge on any atom is 0.324 e. The van der Waals surface area contributed by atoms with Crippen LogP contribution >= 0.6 is 0 Å². The molecule has 2 fully saturated rings. The van der Waals surface area contributed by atoms with Gasteiger partial charge in [-0.3, -0.25) is 5.32 Å². The van der Waals surface area contributed by atoms with E-state index in [1.807, 2.05) is 61.5 Å². The molecular formula is C35H40FN5O3S. The summed E-state index contributed by atoms with van der Waals surface area (Å²) < 4.78 is 44.0. The lowest BCUT2D eigenvalue weighted by molar-refractivity contribution is 0.190. The number of nitrogens with one attached hydrogen (secondary N) is 2. The Hall–Kier alpha value is -4.02. The van der Waals surface area contributed by atoms with Crippen molar-refractivity contribution in [2.75, 3.05) is 10.6 Å². The van der Waals surface area contributed by atoms with E-state index in [0.717, 1.165) is 60.7 Å². The highest BCUT2D eigenvalue weighted by Gasteiger charge is 2.47. The molecule has 0 saturated carbocycles. The fraction of sp³-hybridized carbons (Fsp3) is 0.371. The summed E-state index contributed by atoms with van der Waals surface area (Å²) in [7, 11) is -3.76. The van der Waals surface area contributed by atoms with Gasteiger partial charge in [0, 0.05) is 29.3 Å². The molecule has 0 radical (unpaired) electrons. The molecule has 10 heteroatoms. The Morgan fingerprint density at radius 1 is 0.933 bits per heavy atom. The summed E-state index contributed by atoms with van der Waals surface area (Å²) in [5.74, 6) is 0.338. The number of aryl methyl sites for hydroxylation is 1. The van der Waals surface area contributed by atoms with Crippen molar-refractivity contribution < 1.29 is 17.6 Å². The first-order chi connectivity index (χ1) is 21.4. The first-order valence-corrected chi connectivity index (χ1v) is 16.9. The molecule has 2 N–H and O–H groups in total. The normalized spacial score (nSPS) is 20.2. The molecule has 2 bridgehead atoms. The number of piperidine rings is 1. The second-order valence-electron chi connectivity index (χ2n) is 13.4. The van der Waals surface area contributed by atoms with Gasteiger partial charge in [-0.15, -0.1) is 0 Å². The van der Waals surface area contributed by atoms with Crippen LogP contribution in [0.25, 0.3) is 5.69 Å². The summed E-state index contributed by atoms with van der Waals surface area (Å²) in [4.78, 5) is 13.2. The molecule has 2 unspecified atom stereocenters. The molecule has 0 aliphatic carbocycles. The number of fused-ring (bicyclic) bond motifs is 2. The molecule has 2 aliphatic rings. The van der Waals surface area contributed by atoms with Gasteiger partial charge in [-0.25, -0.2) is 22.3 Å². The van der Waals surface area contributed by atoms with Gasteiger partial charge >= 0.3 is 6.03 Å². The first-order valence-electron chi connectivity index (χ1n) is 15.5. The van der Waals surface area contributed by atoms with Crippen LogP contribution in [0, 0.1) is 18.7 Å². The summed E-state index contributed by atoms with van der Waals surface area (Å²) in [6.45, 7) is 8.29. The van der Waals surface area contributed by atoms with Gasteiger partial charge in [0.15, 0.2) is 0 Å². The minimum atomic E-state index is -3.76. The van der Waals surface area contributed by atoms with Gasteiger partial charge in [-0.2, -0.15) is 9.40 Å². The molecule has 8 nitrogen and oxygen atoms in total. The van der Waals surface area contributed by atoms with E-state index in [4.69, 9.17) is 5.10 Å². The Kier molecular flexibility index (Phi) is 8.30. The molecule has 6 rings (SSSR count). The number of anilines is 2. The van der Waals surface area contributed by atoms with Crippen LogP contribution in [0.5, 0.6) is 0 Å². The average Bonchev–Trinajstić information content (AvgIpc) is 3.53. The maximum atomic E-state index is 13.8. The number of sulfonamides is 1. The van der Waals surface area contributed by atoms with Crippen LogP contribution in [0.4, 0.5) is 20.7 Å². The number of aromatic nitrogens is 2. The van der Waals surface area contributed by atoms with Gasteiger partial charge in [0.05, 0.1) is 16.3 Å². The van der Waals surface area contributed by atoms with Crippen LogP contribution in [-0.4, -0.2) is 40.6 Å². The Labute approximate surface area is 264 Å². The molecule has 236 valence electrons. The fourth-order valence-electron chi connectivity index (χ4n) is 6.66. The molecule has 2 amide bonds. The third kappa shape index (κ3) is 6.67. The third-order valence-corrected chi connectivity index (χ3v) is 10.8. The first kappa shape index (κ1) is 31.0. The predicted octanol–water partition coefficient (Wildman–Crippen LogP) is 7.44. The quantitative estimate of drug-likeness (QED) is 0.222. The molecule has 0 spiro atoms. The summed E-state index contributed by atoms with van der Waals surface area (Å²) in [6, 6.07) is 22.4. The number of nitrogens with zero attached hydrogens (tertiary/aromatic N) is 3. The van der Waals surface area contributed by atoms with E-state index >= 15 is 0 Å². The monoisotopic (exact) mass is 629 g/mol. The van der Waals surface area contributed by atoms with E-state index in [-0.39, 0.29) is 28.4 Å². The number of hydrogen-bond acceptors (Lipinski definition) is 4. The second kappa shape index (κ2) is 12.1. The minimum Gasteiger partial charge on any atom is -0.308 e. The van der Waals surface area contributed by atoms with Crippen LogP contribution in [0.3, 0.4) is 0 Å². The summed E-state index contributed by atoms with van der Waals surface area (Å²) in [6.07, 6.45) is 3.92. The number of halogens is 1. The van der Waals surface area contributed by atoms with Crippen LogP contribution in [0.2, 0.25) is 0 Å². The standard InChI is InChI=1S/C35H40FN5O3S/c1-23-11-13-28(14-12-23)40-33(22-32(39-40)35(2,3)4)38-34(42)37-27-9-5-7-24(18-27)17-25-19-29-15-16-30(20-25)41(29)45(43,44)31-10-6-8-26(36)21-31/h5-14,18,21-22,25,29-30H,15-17,19-20H2,1-4H3,(H2,37,38,42). The molecule has 2 aliphatic heterocycles. The van der Waals surface area contributed by atoms with Gasteiger partial charge in [-0.05, 0) is 93.0 Å². The predicted molar refractivity (Wildman–Crippen MR) is 175 cm³/mol. The van der Waals surface area contributed by atoms with E-state index in [2.05, 4.69) is 31.4 Å². The minimum absolute atomic E-state index is 0.0199. The van der Waals surface area contributed by atoms with Crippen LogP contribution in [0.1, 0.15) is 63.3 Å². The van der Waals surface area contributed by atoms with Gasteiger partial charge in [-0.1, -0.05) is 56.7 Å². The largest absolute Gasteiger partial charge is 0.324 e. The van der Waals surface area contributed by atoms with Crippen LogP contribution in [0.15, 0.2) is 83.8 Å². The zero-order chi connectivity index (χ0) is 31.9. The summed E-state index contributed by atoms with van der Waals surface area (Å²) in [5.41, 5.74) is 4.42. The Bertz CT molecular complexity index is 1800. The molecular weight excluding hydrogens is 589 g/mol. The number of carbonyl (C=O) groups excluding carboxylic acids is 1. The zero-order valence-electron chi connectivity index (χ0n) is 26.1. The van der Waals surface area contributed by atoms with Crippen molar-refractivity contribution in [1.82, 2.24) is 14.1 Å². The zero-order valence-corrected chi connectivity index (χ0v) is 26.9. The van der Waals surface area contributed by atoms with E-state index in [1.165, 1.54) is 18.2 Å². The highest BCUT2D eigenvalue weighted by molar-refractivity contribution is 7.89. The van der Waals surface area contributed by atoms with Crippen molar-refractivity contribution >= 4 is 27.6 Å². The van der Waals surface area contributed by atoms with Crippen LogP contribution in [-0.2, 0) is 21.9 Å². The number of urea groups is 1. The number of hydrogen-bond donors (Lipinski definition) is 2. The van der Waals surface area contributed by atoms with Crippen molar-refractivity contribution in [1.29, 1.82) is 0 Å². The molecule has 2 atom stereocenters. The third-order valence-electron chi connectivity index (χ3n) is 8.84. The molecule has 4 aromatic rings. The van der Waals surface area contributed by atoms with Gasteiger partial charge in [0.1, 0.15) is 11.6 Å². The lowest BCUT2D eigenvalue weighted by atomic mass is 9.87. The Morgan fingerprint density at radius 3 is 2.29 bits per heavy atom. The fourth-order valence-corrected chi connectivity index (χ4v) is 8.59. The molecule has 3 heterocycles. The summed E-state index contributed by atoms with van der Waals surface area (Å²) >= 11 is 0. The second-order valence-corrected chi connectivity index (χ2v) is 15.3. The summed E-state index contributed by atoms with van der Waals surface area (Å²) in [5, 5.41) is 10.8. The Balaban J connectivity index is 1.12. The van der Waals surface area contributed by atoms with E-state index in [9.17, 15) is 17.6 Å². The van der Waals surface area contributed by atoms with Crippen molar-refractivity contribution in [3.8, 4) is 5.69 Å². The maximum absolute atomic E-state index is 13.8. The van der Waals surface area contributed by atoms with Gasteiger partial charge < -0.3 is 5.32 Å². The lowest BCUT2D eigenvalue weighted by Gasteiger charge is -2.38. The van der Waals surface area contributed by atoms with Crippen molar-refractivity contribution in [3.63, 3.8) is 0 Å². The Morgan fingerprint density at radius 2 is 1.62 bits per heavy atom. The van der Waals surface area contributed by atoms with Gasteiger partial charge in [0.2, 0.25) is 10.0 Å². The molecule has 2 saturated heterocycles. The van der Waals surface area contributed by atoms with Crippen molar-refractivity contribution in [2.45, 2.75) is 82.2 Å². The highest BCUT2D eigenvalue weighted by Crippen LogP contribution is 2.43. The topological polar surface area (TPSA) is 96.3 Å². The van der Waals surface area contributed by atoms with Gasteiger partial charge in [0.25, 0.3) is 0 Å². The van der Waals surface area contributed by atoms with E-state index < -0.39 is 15.8 Å². The highest BCUT2D eigenvalue weighted by atomic mass is 32.2. The number of amides is 2. The van der Waals surface area contributed by atoms with Crippen molar-refractivity contribution in [3.05, 3.63) is 102 Å². The van der Waals surface area contributed by atoms with Crippen molar-refractivity contribution in [2.24, 2.45) is 5.92 Å². The molecule has 1 aromatic heterocycles. The number of benzene rings is 3. The van der Waals surface area contributed by atoms with Crippen LogP contribution < -0.4 is 10.6 Å².